The first-order valence-corrected chi connectivity index (χ1v) is 15.1. The number of nitrogens with one attached hydrogen (secondary N) is 1. The summed E-state index contributed by atoms with van der Waals surface area (Å²) in [7, 11) is 0. The predicted octanol–water partition coefficient (Wildman–Crippen LogP) is 4.49. The molecule has 3 aliphatic heterocycles. The van der Waals surface area contributed by atoms with E-state index in [0.717, 1.165) is 95.6 Å². The molecule has 1 N–H and O–H groups in total. The molecule has 0 amide bonds. The van der Waals surface area contributed by atoms with Crippen LogP contribution in [0.15, 0.2) is 36.8 Å². The summed E-state index contributed by atoms with van der Waals surface area (Å²) in [5.41, 5.74) is 3.99. The van der Waals surface area contributed by atoms with Crippen LogP contribution in [0.1, 0.15) is 32.4 Å². The van der Waals surface area contributed by atoms with E-state index in [1.54, 1.807) is 11.3 Å². The molecule has 4 aromatic rings. The average molecular weight is 558 g/mol. The minimum Gasteiger partial charge on any atom is -0.377 e. The van der Waals surface area contributed by atoms with Crippen molar-refractivity contribution in [2.75, 3.05) is 54.5 Å². The first kappa shape index (κ1) is 25.6. The standard InChI is InChI=1S/C29H35N9OS/c1-4-20-17-39-7-6-37(20)21-9-19(12-30-13-21)28-33-24-11-26(31-14-25(24)40-28)34-27-8-18(3)32-29(35-27)38-16-22-10-23(38)15-36(22)5-2/h8-9,11-14,20,22-23H,4-7,10,15-17H2,1-3H3,(H,31,32,34,35)/t20-,22+,23+/m1/s1. The Bertz CT molecular complexity index is 1530. The van der Waals surface area contributed by atoms with Crippen molar-refractivity contribution in [1.29, 1.82) is 0 Å². The predicted molar refractivity (Wildman–Crippen MR) is 160 cm³/mol. The molecular weight excluding hydrogens is 522 g/mol. The van der Waals surface area contributed by atoms with Gasteiger partial charge < -0.3 is 19.9 Å². The lowest BCUT2D eigenvalue weighted by Crippen LogP contribution is -2.46. The van der Waals surface area contributed by atoms with Crippen molar-refractivity contribution in [3.05, 3.63) is 42.5 Å². The fraction of sp³-hybridized carbons (Fsp3) is 0.483. The maximum atomic E-state index is 5.69. The van der Waals surface area contributed by atoms with Gasteiger partial charge in [-0.3, -0.25) is 9.88 Å². The number of fused-ring (bicyclic) bond motifs is 3. The quantitative estimate of drug-likeness (QED) is 0.350. The van der Waals surface area contributed by atoms with Crippen molar-refractivity contribution < 1.29 is 4.74 Å². The smallest absolute Gasteiger partial charge is 0.227 e. The van der Waals surface area contributed by atoms with Crippen LogP contribution in [0.2, 0.25) is 0 Å². The molecule has 0 aliphatic carbocycles. The van der Waals surface area contributed by atoms with Crippen LogP contribution in [0.4, 0.5) is 23.3 Å². The lowest BCUT2D eigenvalue weighted by Gasteiger charge is -2.36. The Labute approximate surface area is 238 Å². The first-order valence-electron chi connectivity index (χ1n) is 14.3. The van der Waals surface area contributed by atoms with E-state index in [-0.39, 0.29) is 0 Å². The van der Waals surface area contributed by atoms with E-state index in [1.165, 1.54) is 6.42 Å². The fourth-order valence-corrected chi connectivity index (χ4v) is 7.22. The van der Waals surface area contributed by atoms with Crippen molar-refractivity contribution in [1.82, 2.24) is 29.8 Å². The molecule has 3 aliphatic rings. The molecule has 7 heterocycles. The zero-order chi connectivity index (χ0) is 27.2. The highest BCUT2D eigenvalue weighted by Gasteiger charge is 2.43. The summed E-state index contributed by atoms with van der Waals surface area (Å²) in [6.45, 7) is 12.0. The number of hydrogen-bond acceptors (Lipinski definition) is 11. The molecule has 0 unspecified atom stereocenters. The van der Waals surface area contributed by atoms with Crippen molar-refractivity contribution in [2.45, 2.75) is 51.7 Å². The average Bonchev–Trinajstić information content (AvgIpc) is 3.71. The zero-order valence-corrected chi connectivity index (χ0v) is 24.1. The van der Waals surface area contributed by atoms with E-state index in [0.29, 0.717) is 18.1 Å². The number of aryl methyl sites for hydroxylation is 1. The largest absolute Gasteiger partial charge is 0.377 e. The Hall–Kier alpha value is -3.41. The van der Waals surface area contributed by atoms with Crippen molar-refractivity contribution >= 4 is 44.8 Å². The highest BCUT2D eigenvalue weighted by atomic mass is 32.1. The third-order valence-corrected chi connectivity index (χ3v) is 9.45. The van der Waals surface area contributed by atoms with Gasteiger partial charge in [-0.05, 0) is 32.4 Å². The van der Waals surface area contributed by atoms with E-state index >= 15 is 0 Å². The third kappa shape index (κ3) is 4.76. The summed E-state index contributed by atoms with van der Waals surface area (Å²) in [5, 5.41) is 4.35. The molecule has 0 saturated carbocycles. The molecule has 3 saturated heterocycles. The molecule has 0 spiro atoms. The van der Waals surface area contributed by atoms with Crippen LogP contribution in [0.25, 0.3) is 20.8 Å². The SMILES string of the molecule is CC[C@@H]1COCCN1c1cncc(-c2nc3cc(Nc4cc(C)nc(N5C[C@@H]6C[C@H]5CN6CC)n4)ncc3s2)c1. The number of anilines is 4. The summed E-state index contributed by atoms with van der Waals surface area (Å²) in [5.74, 6) is 2.29. The first-order chi connectivity index (χ1) is 19.6. The summed E-state index contributed by atoms with van der Waals surface area (Å²) in [4.78, 5) is 31.2. The number of likely N-dealkylation sites (N-methyl/N-ethyl adjacent to an activating group) is 1. The Balaban J connectivity index is 1.11. The van der Waals surface area contributed by atoms with Crippen molar-refractivity contribution in [2.24, 2.45) is 0 Å². The Morgan fingerprint density at radius 3 is 2.75 bits per heavy atom. The number of pyridine rings is 2. The van der Waals surface area contributed by atoms with Crippen molar-refractivity contribution in [3.63, 3.8) is 0 Å². The second kappa shape index (κ2) is 10.5. The summed E-state index contributed by atoms with van der Waals surface area (Å²) in [6.07, 6.45) is 7.96. The van der Waals surface area contributed by atoms with Crippen LogP contribution in [0.3, 0.4) is 0 Å². The van der Waals surface area contributed by atoms with Gasteiger partial charge in [0.25, 0.3) is 0 Å². The van der Waals surface area contributed by atoms with Crippen LogP contribution >= 0.6 is 11.3 Å². The monoisotopic (exact) mass is 557 g/mol. The minimum atomic E-state index is 0.372. The van der Waals surface area contributed by atoms with Gasteiger partial charge in [0.05, 0.1) is 41.4 Å². The van der Waals surface area contributed by atoms with Crippen LogP contribution < -0.4 is 15.1 Å². The summed E-state index contributed by atoms with van der Waals surface area (Å²) in [6, 6.07) is 7.64. The molecule has 2 bridgehead atoms. The molecule has 0 aromatic carbocycles. The topological polar surface area (TPSA) is 95.4 Å². The lowest BCUT2D eigenvalue weighted by atomic mass is 10.1. The number of aromatic nitrogens is 5. The fourth-order valence-electron chi connectivity index (χ4n) is 6.32. The van der Waals surface area contributed by atoms with E-state index in [1.807, 2.05) is 37.6 Å². The van der Waals surface area contributed by atoms with E-state index in [9.17, 15) is 0 Å². The van der Waals surface area contributed by atoms with Gasteiger partial charge in [-0.15, -0.1) is 11.3 Å². The van der Waals surface area contributed by atoms with Gasteiger partial charge in [0.1, 0.15) is 16.6 Å². The van der Waals surface area contributed by atoms with E-state index in [2.05, 4.69) is 49.9 Å². The maximum absolute atomic E-state index is 5.69. The lowest BCUT2D eigenvalue weighted by molar-refractivity contribution is 0.0930. The number of rotatable bonds is 7. The second-order valence-corrected chi connectivity index (χ2v) is 12.0. The molecule has 0 radical (unpaired) electrons. The molecule has 208 valence electrons. The number of thiazole rings is 1. The molecule has 7 rings (SSSR count). The van der Waals surface area contributed by atoms with Crippen molar-refractivity contribution in [3.8, 4) is 10.6 Å². The second-order valence-electron chi connectivity index (χ2n) is 10.9. The molecule has 11 heteroatoms. The molecule has 3 atom stereocenters. The van der Waals surface area contributed by atoms with Gasteiger partial charge in [-0.25, -0.2) is 15.0 Å². The number of morpholine rings is 1. The van der Waals surface area contributed by atoms with Gasteiger partial charge in [0.15, 0.2) is 0 Å². The van der Waals surface area contributed by atoms with Gasteiger partial charge >= 0.3 is 0 Å². The highest BCUT2D eigenvalue weighted by molar-refractivity contribution is 7.21. The molecule has 10 nitrogen and oxygen atoms in total. The summed E-state index contributed by atoms with van der Waals surface area (Å²) < 4.78 is 6.73. The van der Waals surface area contributed by atoms with Gasteiger partial charge in [0.2, 0.25) is 5.95 Å². The normalized spacial score (nSPS) is 22.9. The Morgan fingerprint density at radius 2 is 1.93 bits per heavy atom. The molecule has 4 aromatic heterocycles. The van der Waals surface area contributed by atoms with Gasteiger partial charge in [0, 0.05) is 67.5 Å². The molecular formula is C29H35N9OS. The van der Waals surface area contributed by atoms with E-state index in [4.69, 9.17) is 19.7 Å². The third-order valence-electron chi connectivity index (χ3n) is 8.39. The highest BCUT2D eigenvalue weighted by Crippen LogP contribution is 2.35. The zero-order valence-electron chi connectivity index (χ0n) is 23.2. The maximum Gasteiger partial charge on any atom is 0.227 e. The van der Waals surface area contributed by atoms with Crippen LogP contribution in [0.5, 0.6) is 0 Å². The number of nitrogens with zero attached hydrogens (tertiary/aromatic N) is 8. The molecule has 3 fully saturated rings. The minimum absolute atomic E-state index is 0.372. The number of ether oxygens (including phenoxy) is 1. The van der Waals surface area contributed by atoms with Gasteiger partial charge in [-0.1, -0.05) is 13.8 Å². The van der Waals surface area contributed by atoms with Crippen LogP contribution in [-0.2, 0) is 4.74 Å². The number of hydrogen-bond donors (Lipinski definition) is 1. The number of piperazine rings is 1. The van der Waals surface area contributed by atoms with Gasteiger partial charge in [-0.2, -0.15) is 4.98 Å². The summed E-state index contributed by atoms with van der Waals surface area (Å²) >= 11 is 1.64. The Morgan fingerprint density at radius 1 is 1.00 bits per heavy atom. The van der Waals surface area contributed by atoms with Crippen LogP contribution in [-0.4, -0.2) is 87.3 Å². The number of likely N-dealkylation sites (tertiary alicyclic amines) is 1. The van der Waals surface area contributed by atoms with E-state index < -0.39 is 0 Å². The molecule has 40 heavy (non-hydrogen) atoms. The van der Waals surface area contributed by atoms with Crippen LogP contribution in [0, 0.1) is 6.92 Å². The Kier molecular flexibility index (Phi) is 6.73.